The zero-order chi connectivity index (χ0) is 18.5. The maximum absolute atomic E-state index is 12.4. The van der Waals surface area contributed by atoms with Crippen molar-refractivity contribution in [3.8, 4) is 0 Å². The predicted molar refractivity (Wildman–Crippen MR) is 83.4 cm³/mol. The van der Waals surface area contributed by atoms with Gasteiger partial charge in [0.1, 0.15) is 18.7 Å². The Balaban J connectivity index is 2.96. The van der Waals surface area contributed by atoms with Gasteiger partial charge in [-0.3, -0.25) is 9.59 Å². The van der Waals surface area contributed by atoms with Crippen LogP contribution < -0.4 is 5.32 Å². The van der Waals surface area contributed by atoms with Gasteiger partial charge in [-0.15, -0.1) is 0 Å². The number of esters is 1. The van der Waals surface area contributed by atoms with Crippen molar-refractivity contribution >= 4 is 27.8 Å². The summed E-state index contributed by atoms with van der Waals surface area (Å²) < 4.78 is 33.9. The van der Waals surface area contributed by atoms with Gasteiger partial charge in [0.05, 0.1) is 13.4 Å². The standard InChI is InChI=1S/C13H23N3O7S/c1-9(13(19)23-3)14-12(18)10-7-15(24(4,20)21)5-6-16(10)11(17)8-22-2/h9-10H,5-8H2,1-4H3,(H,14,18)/t9-,10+/m1/s1. The number of carbonyl (C=O) groups excluding carboxylic acids is 3. The average molecular weight is 365 g/mol. The molecular formula is C13H23N3O7S. The van der Waals surface area contributed by atoms with Crippen LogP contribution in [0, 0.1) is 0 Å². The SMILES string of the molecule is COCC(=O)N1CCN(S(C)(=O)=O)C[C@H]1C(=O)N[C@H](C)C(=O)OC. The van der Waals surface area contributed by atoms with Crippen LogP contribution in [-0.2, 0) is 33.9 Å². The molecule has 138 valence electrons. The molecule has 0 bridgehead atoms. The molecule has 0 saturated carbocycles. The Labute approximate surface area is 141 Å². The second-order valence-corrected chi connectivity index (χ2v) is 7.39. The Morgan fingerprint density at radius 1 is 1.25 bits per heavy atom. The van der Waals surface area contributed by atoms with Crippen molar-refractivity contribution in [1.29, 1.82) is 0 Å². The van der Waals surface area contributed by atoms with E-state index in [-0.39, 0.29) is 26.2 Å². The summed E-state index contributed by atoms with van der Waals surface area (Å²) in [5.41, 5.74) is 0. The van der Waals surface area contributed by atoms with Crippen molar-refractivity contribution in [1.82, 2.24) is 14.5 Å². The molecule has 24 heavy (non-hydrogen) atoms. The highest BCUT2D eigenvalue weighted by molar-refractivity contribution is 7.88. The number of sulfonamides is 1. The molecule has 0 aromatic rings. The number of ether oxygens (including phenoxy) is 2. The number of methoxy groups -OCH3 is 2. The van der Waals surface area contributed by atoms with E-state index in [1.54, 1.807) is 0 Å². The van der Waals surface area contributed by atoms with Crippen molar-refractivity contribution in [2.45, 2.75) is 19.0 Å². The van der Waals surface area contributed by atoms with Crippen molar-refractivity contribution in [2.75, 3.05) is 46.7 Å². The van der Waals surface area contributed by atoms with E-state index in [0.29, 0.717) is 0 Å². The van der Waals surface area contributed by atoms with Gasteiger partial charge in [0.25, 0.3) is 0 Å². The smallest absolute Gasteiger partial charge is 0.328 e. The van der Waals surface area contributed by atoms with E-state index in [0.717, 1.165) is 10.6 Å². The summed E-state index contributed by atoms with van der Waals surface area (Å²) in [6.07, 6.45) is 1.03. The molecule has 1 aliphatic heterocycles. The highest BCUT2D eigenvalue weighted by atomic mass is 32.2. The molecule has 0 radical (unpaired) electrons. The van der Waals surface area contributed by atoms with Crippen LogP contribution in [0.3, 0.4) is 0 Å². The number of carbonyl (C=O) groups is 3. The molecular weight excluding hydrogens is 342 g/mol. The maximum atomic E-state index is 12.4. The number of amides is 2. The fraction of sp³-hybridized carbons (Fsp3) is 0.769. The third kappa shape index (κ3) is 5.14. The molecule has 1 heterocycles. The highest BCUT2D eigenvalue weighted by Crippen LogP contribution is 2.14. The van der Waals surface area contributed by atoms with E-state index in [4.69, 9.17) is 4.74 Å². The molecule has 1 N–H and O–H groups in total. The van der Waals surface area contributed by atoms with Gasteiger partial charge in [-0.05, 0) is 6.92 Å². The van der Waals surface area contributed by atoms with Crippen molar-refractivity contribution < 1.29 is 32.3 Å². The molecule has 0 spiro atoms. The van der Waals surface area contributed by atoms with Gasteiger partial charge in [0, 0.05) is 26.7 Å². The second kappa shape index (κ2) is 8.40. The second-order valence-electron chi connectivity index (χ2n) is 5.41. The molecule has 0 aromatic heterocycles. The first kappa shape index (κ1) is 20.3. The fourth-order valence-corrected chi connectivity index (χ4v) is 3.16. The van der Waals surface area contributed by atoms with Gasteiger partial charge < -0.3 is 19.7 Å². The van der Waals surface area contributed by atoms with Gasteiger partial charge in [-0.2, -0.15) is 4.31 Å². The van der Waals surface area contributed by atoms with E-state index in [9.17, 15) is 22.8 Å². The summed E-state index contributed by atoms with van der Waals surface area (Å²) in [5.74, 6) is -1.71. The van der Waals surface area contributed by atoms with Gasteiger partial charge >= 0.3 is 5.97 Å². The normalized spacial score (nSPS) is 20.3. The van der Waals surface area contributed by atoms with Crippen LogP contribution in [0.1, 0.15) is 6.92 Å². The van der Waals surface area contributed by atoms with Gasteiger partial charge in [0.2, 0.25) is 21.8 Å². The minimum atomic E-state index is -3.51. The fourth-order valence-electron chi connectivity index (χ4n) is 2.33. The molecule has 0 unspecified atom stereocenters. The zero-order valence-electron chi connectivity index (χ0n) is 14.1. The lowest BCUT2D eigenvalue weighted by molar-refractivity contribution is -0.148. The molecule has 11 heteroatoms. The number of piperazine rings is 1. The number of nitrogens with one attached hydrogen (secondary N) is 1. The molecule has 1 aliphatic rings. The Hall–Kier alpha value is -1.72. The van der Waals surface area contributed by atoms with Crippen LogP contribution in [0.25, 0.3) is 0 Å². The van der Waals surface area contributed by atoms with Crippen LogP contribution in [0.4, 0.5) is 0 Å². The quantitative estimate of drug-likeness (QED) is 0.529. The number of hydrogen-bond donors (Lipinski definition) is 1. The Bertz CT molecular complexity index is 592. The topological polar surface area (TPSA) is 122 Å². The largest absolute Gasteiger partial charge is 0.467 e. The first-order chi connectivity index (χ1) is 11.1. The number of hydrogen-bond acceptors (Lipinski definition) is 7. The lowest BCUT2D eigenvalue weighted by Gasteiger charge is -2.39. The zero-order valence-corrected chi connectivity index (χ0v) is 15.0. The van der Waals surface area contributed by atoms with Crippen LogP contribution in [0.15, 0.2) is 0 Å². The van der Waals surface area contributed by atoms with Crippen molar-refractivity contribution in [3.05, 3.63) is 0 Å². The molecule has 1 rings (SSSR count). The summed E-state index contributed by atoms with van der Waals surface area (Å²) in [4.78, 5) is 37.2. The predicted octanol–water partition coefficient (Wildman–Crippen LogP) is -2.22. The van der Waals surface area contributed by atoms with Crippen LogP contribution in [-0.4, -0.2) is 94.2 Å². The van der Waals surface area contributed by atoms with E-state index in [1.165, 1.54) is 26.0 Å². The third-order valence-corrected chi connectivity index (χ3v) is 4.89. The van der Waals surface area contributed by atoms with E-state index >= 15 is 0 Å². The third-order valence-electron chi connectivity index (χ3n) is 3.62. The van der Waals surface area contributed by atoms with Crippen LogP contribution >= 0.6 is 0 Å². The Morgan fingerprint density at radius 2 is 1.88 bits per heavy atom. The monoisotopic (exact) mass is 365 g/mol. The Morgan fingerprint density at radius 3 is 2.38 bits per heavy atom. The summed E-state index contributed by atoms with van der Waals surface area (Å²) in [5, 5.41) is 2.43. The maximum Gasteiger partial charge on any atom is 0.328 e. The van der Waals surface area contributed by atoms with Gasteiger partial charge in [-0.25, -0.2) is 13.2 Å². The summed E-state index contributed by atoms with van der Waals surface area (Å²) >= 11 is 0. The molecule has 0 aliphatic carbocycles. The van der Waals surface area contributed by atoms with Gasteiger partial charge in [-0.1, -0.05) is 0 Å². The summed E-state index contributed by atoms with van der Waals surface area (Å²) in [6, 6.07) is -1.97. The molecule has 1 saturated heterocycles. The van der Waals surface area contributed by atoms with E-state index in [2.05, 4.69) is 10.1 Å². The van der Waals surface area contributed by atoms with E-state index in [1.807, 2.05) is 0 Å². The first-order valence-electron chi connectivity index (χ1n) is 7.23. The minimum Gasteiger partial charge on any atom is -0.467 e. The molecule has 1 fully saturated rings. The van der Waals surface area contributed by atoms with Crippen molar-refractivity contribution in [2.24, 2.45) is 0 Å². The molecule has 10 nitrogen and oxygen atoms in total. The number of nitrogens with zero attached hydrogens (tertiary/aromatic N) is 2. The minimum absolute atomic E-state index is 0.0555. The van der Waals surface area contributed by atoms with Gasteiger partial charge in [0.15, 0.2) is 0 Å². The summed E-state index contributed by atoms with van der Waals surface area (Å²) in [6.45, 7) is 1.16. The lowest BCUT2D eigenvalue weighted by Crippen LogP contribution is -2.63. The average Bonchev–Trinajstić information content (AvgIpc) is 2.52. The summed E-state index contributed by atoms with van der Waals surface area (Å²) in [7, 11) is -0.978. The van der Waals surface area contributed by atoms with Crippen molar-refractivity contribution in [3.63, 3.8) is 0 Å². The van der Waals surface area contributed by atoms with E-state index < -0.39 is 39.9 Å². The van der Waals surface area contributed by atoms with Crippen LogP contribution in [0.5, 0.6) is 0 Å². The number of rotatable bonds is 6. The highest BCUT2D eigenvalue weighted by Gasteiger charge is 2.38. The first-order valence-corrected chi connectivity index (χ1v) is 9.08. The molecule has 2 atom stereocenters. The lowest BCUT2D eigenvalue weighted by atomic mass is 10.1. The molecule has 0 aromatic carbocycles. The Kier molecular flexibility index (Phi) is 7.11. The van der Waals surface area contributed by atoms with Crippen LogP contribution in [0.2, 0.25) is 0 Å². The molecule has 2 amide bonds.